The molecule has 0 amide bonds. The minimum absolute atomic E-state index is 0.123. The molecule has 0 aliphatic heterocycles. The van der Waals surface area contributed by atoms with E-state index in [4.69, 9.17) is 19.3 Å². The standard InChI is InChI=1S/C37H65O9P/c1-3-5-6-7-8-9-14-18-21-24-27-30-36(39)44-32-35(33-45-47(41,42)43)46-37(40)31-28-25-22-19-16-13-11-10-12-15-17-20-23-26-29-34(38)4-2/h11-13,15,19-20,22-23,34-35,38H,3-10,14,16-18,21,24-33H2,1-2H3,(H2,41,42,43)/b13-11-,15-12-,22-19-,23-20-/t34-,35-/m1/s1. The SMILES string of the molecule is CCCCCCCCCCCCCC(=O)OC[C@H](COP(=O)(O)O)OC(=O)CCC/C=C\C/C=C\C/C=C\C/C=C\CC[C@H](O)CC. The zero-order chi connectivity index (χ0) is 34.9. The fraction of sp³-hybridized carbons (Fsp3) is 0.730. The van der Waals surface area contributed by atoms with Gasteiger partial charge in [0.2, 0.25) is 0 Å². The summed E-state index contributed by atoms with van der Waals surface area (Å²) >= 11 is 0. The number of hydrogen-bond donors (Lipinski definition) is 3. The fourth-order valence-electron chi connectivity index (χ4n) is 4.64. The molecule has 3 N–H and O–H groups in total. The Balaban J connectivity index is 4.12. The van der Waals surface area contributed by atoms with Crippen LogP contribution in [0.15, 0.2) is 48.6 Å². The van der Waals surface area contributed by atoms with Crippen LogP contribution >= 0.6 is 7.82 Å². The van der Waals surface area contributed by atoms with Crippen LogP contribution in [0.25, 0.3) is 0 Å². The molecule has 0 unspecified atom stereocenters. The number of phosphoric acid groups is 1. The van der Waals surface area contributed by atoms with Crippen LogP contribution in [0.4, 0.5) is 0 Å². The average Bonchev–Trinajstić information content (AvgIpc) is 3.04. The number of allylic oxidation sites excluding steroid dienone is 8. The smallest absolute Gasteiger partial charge is 0.462 e. The molecule has 0 spiro atoms. The Labute approximate surface area is 285 Å². The van der Waals surface area contributed by atoms with E-state index in [-0.39, 0.29) is 25.6 Å². The molecule has 0 saturated heterocycles. The maximum Gasteiger partial charge on any atom is 0.469 e. The van der Waals surface area contributed by atoms with Gasteiger partial charge in [0.15, 0.2) is 6.10 Å². The number of carbonyl (C=O) groups is 2. The second-order valence-electron chi connectivity index (χ2n) is 12.0. The number of aliphatic hydroxyl groups is 1. The lowest BCUT2D eigenvalue weighted by molar-refractivity contribution is -0.161. The van der Waals surface area contributed by atoms with Gasteiger partial charge in [-0.2, -0.15) is 0 Å². The molecule has 0 heterocycles. The second kappa shape index (κ2) is 32.5. The van der Waals surface area contributed by atoms with Gasteiger partial charge in [-0.05, 0) is 57.8 Å². The third kappa shape index (κ3) is 35.1. The third-order valence-electron chi connectivity index (χ3n) is 7.51. The number of hydrogen-bond acceptors (Lipinski definition) is 7. The van der Waals surface area contributed by atoms with E-state index in [2.05, 4.69) is 47.9 Å². The van der Waals surface area contributed by atoms with Crippen LogP contribution in [-0.2, 0) is 28.2 Å². The number of aliphatic hydroxyl groups excluding tert-OH is 1. The number of ether oxygens (including phenoxy) is 2. The van der Waals surface area contributed by atoms with E-state index in [1.165, 1.54) is 44.9 Å². The van der Waals surface area contributed by atoms with E-state index in [0.717, 1.165) is 57.8 Å². The monoisotopic (exact) mass is 684 g/mol. The molecule has 9 nitrogen and oxygen atoms in total. The van der Waals surface area contributed by atoms with Gasteiger partial charge in [0.25, 0.3) is 0 Å². The normalized spacial score (nSPS) is 13.7. The van der Waals surface area contributed by atoms with Gasteiger partial charge in [0.05, 0.1) is 12.7 Å². The Kier molecular flexibility index (Phi) is 31.1. The summed E-state index contributed by atoms with van der Waals surface area (Å²) in [5.74, 6) is -0.972. The van der Waals surface area contributed by atoms with Crippen LogP contribution in [0.3, 0.4) is 0 Å². The van der Waals surface area contributed by atoms with Gasteiger partial charge in [-0.25, -0.2) is 4.57 Å². The Morgan fingerprint density at radius 2 is 1.13 bits per heavy atom. The quantitative estimate of drug-likeness (QED) is 0.0274. The van der Waals surface area contributed by atoms with Crippen LogP contribution < -0.4 is 0 Å². The molecule has 0 bridgehead atoms. The van der Waals surface area contributed by atoms with Crippen molar-refractivity contribution >= 4 is 19.8 Å². The summed E-state index contributed by atoms with van der Waals surface area (Å²) in [6.45, 7) is 3.33. The Morgan fingerprint density at radius 3 is 1.66 bits per heavy atom. The predicted molar refractivity (Wildman–Crippen MR) is 190 cm³/mol. The van der Waals surface area contributed by atoms with E-state index in [9.17, 15) is 19.3 Å². The van der Waals surface area contributed by atoms with Crippen LogP contribution in [0.1, 0.15) is 149 Å². The van der Waals surface area contributed by atoms with Crippen molar-refractivity contribution in [3.63, 3.8) is 0 Å². The molecular weight excluding hydrogens is 619 g/mol. The van der Waals surface area contributed by atoms with Crippen molar-refractivity contribution in [3.8, 4) is 0 Å². The first-order chi connectivity index (χ1) is 22.7. The fourth-order valence-corrected chi connectivity index (χ4v) is 5.00. The van der Waals surface area contributed by atoms with Gasteiger partial charge < -0.3 is 24.4 Å². The highest BCUT2D eigenvalue weighted by atomic mass is 31.2. The van der Waals surface area contributed by atoms with E-state index < -0.39 is 32.5 Å². The largest absolute Gasteiger partial charge is 0.469 e. The molecule has 0 aromatic heterocycles. The molecule has 2 atom stereocenters. The first kappa shape index (κ1) is 45.0. The van der Waals surface area contributed by atoms with E-state index >= 15 is 0 Å². The van der Waals surface area contributed by atoms with Crippen molar-refractivity contribution in [2.24, 2.45) is 0 Å². The molecule has 0 aliphatic carbocycles. The lowest BCUT2D eigenvalue weighted by Gasteiger charge is -2.18. The van der Waals surface area contributed by atoms with Crippen LogP contribution in [0, 0.1) is 0 Å². The molecule has 10 heteroatoms. The summed E-state index contributed by atoms with van der Waals surface area (Å²) in [5, 5.41) is 9.52. The lowest BCUT2D eigenvalue weighted by atomic mass is 10.1. The summed E-state index contributed by atoms with van der Waals surface area (Å²) in [4.78, 5) is 42.6. The Bertz CT molecular complexity index is 923. The topological polar surface area (TPSA) is 140 Å². The van der Waals surface area contributed by atoms with Crippen molar-refractivity contribution in [2.45, 2.75) is 161 Å². The molecule has 0 rings (SSSR count). The molecule has 0 saturated carbocycles. The van der Waals surface area contributed by atoms with Gasteiger partial charge >= 0.3 is 19.8 Å². The molecule has 47 heavy (non-hydrogen) atoms. The minimum Gasteiger partial charge on any atom is -0.462 e. The minimum atomic E-state index is -4.77. The number of rotatable bonds is 32. The Morgan fingerprint density at radius 1 is 0.638 bits per heavy atom. The molecule has 0 aromatic rings. The molecular formula is C37H65O9P. The van der Waals surface area contributed by atoms with Gasteiger partial charge in [0.1, 0.15) is 6.61 Å². The molecule has 0 aromatic carbocycles. The zero-order valence-corrected chi connectivity index (χ0v) is 30.2. The average molecular weight is 685 g/mol. The summed E-state index contributed by atoms with van der Waals surface area (Å²) in [7, 11) is -4.77. The number of esters is 2. The van der Waals surface area contributed by atoms with Crippen molar-refractivity contribution in [1.82, 2.24) is 0 Å². The molecule has 0 aliphatic rings. The number of carbonyl (C=O) groups excluding carboxylic acids is 2. The highest BCUT2D eigenvalue weighted by Crippen LogP contribution is 2.35. The number of phosphoric ester groups is 1. The Hall–Kier alpha value is -2.03. The first-order valence-corrected chi connectivity index (χ1v) is 19.5. The lowest BCUT2D eigenvalue weighted by Crippen LogP contribution is -2.29. The molecule has 0 fully saturated rings. The summed E-state index contributed by atoms with van der Waals surface area (Å²) < 4.78 is 26.2. The highest BCUT2D eigenvalue weighted by Gasteiger charge is 2.22. The summed E-state index contributed by atoms with van der Waals surface area (Å²) in [5.41, 5.74) is 0. The predicted octanol–water partition coefficient (Wildman–Crippen LogP) is 9.37. The van der Waals surface area contributed by atoms with E-state index in [1.807, 2.05) is 19.1 Å². The maximum atomic E-state index is 12.3. The maximum absolute atomic E-state index is 12.3. The molecule has 0 radical (unpaired) electrons. The van der Waals surface area contributed by atoms with Gasteiger partial charge in [-0.15, -0.1) is 0 Å². The van der Waals surface area contributed by atoms with Crippen molar-refractivity contribution in [2.75, 3.05) is 13.2 Å². The van der Waals surface area contributed by atoms with Crippen LogP contribution in [0.2, 0.25) is 0 Å². The highest BCUT2D eigenvalue weighted by molar-refractivity contribution is 7.46. The second-order valence-corrected chi connectivity index (χ2v) is 13.2. The van der Waals surface area contributed by atoms with Gasteiger partial charge in [-0.1, -0.05) is 127 Å². The summed E-state index contributed by atoms with van der Waals surface area (Å²) in [6, 6.07) is 0. The van der Waals surface area contributed by atoms with Crippen LogP contribution in [0.5, 0.6) is 0 Å². The zero-order valence-electron chi connectivity index (χ0n) is 29.3. The first-order valence-electron chi connectivity index (χ1n) is 18.0. The number of unbranched alkanes of at least 4 members (excludes halogenated alkanes) is 11. The summed E-state index contributed by atoms with van der Waals surface area (Å²) in [6.07, 6.45) is 35.0. The van der Waals surface area contributed by atoms with Crippen molar-refractivity contribution < 1.29 is 43.0 Å². The third-order valence-corrected chi connectivity index (χ3v) is 8.00. The van der Waals surface area contributed by atoms with Crippen molar-refractivity contribution in [1.29, 1.82) is 0 Å². The van der Waals surface area contributed by atoms with Crippen molar-refractivity contribution in [3.05, 3.63) is 48.6 Å². The molecule has 272 valence electrons. The van der Waals surface area contributed by atoms with Gasteiger partial charge in [0, 0.05) is 12.8 Å². The van der Waals surface area contributed by atoms with E-state index in [1.54, 1.807) is 0 Å². The van der Waals surface area contributed by atoms with Crippen LogP contribution in [-0.4, -0.2) is 52.3 Å². The van der Waals surface area contributed by atoms with E-state index in [0.29, 0.717) is 19.3 Å². The van der Waals surface area contributed by atoms with Gasteiger partial charge in [-0.3, -0.25) is 14.1 Å².